The van der Waals surface area contributed by atoms with E-state index in [4.69, 9.17) is 0 Å². The van der Waals surface area contributed by atoms with Crippen LogP contribution in [0.4, 0.5) is 10.1 Å². The van der Waals surface area contributed by atoms with Crippen LogP contribution in [0.2, 0.25) is 0 Å². The van der Waals surface area contributed by atoms with E-state index in [0.717, 1.165) is 4.88 Å². The van der Waals surface area contributed by atoms with E-state index in [9.17, 15) is 14.3 Å². The monoisotopic (exact) mass is 263 g/mol. The number of aliphatic hydroxyl groups is 1. The van der Waals surface area contributed by atoms with E-state index in [2.05, 4.69) is 5.32 Å². The molecule has 92 valence electrons. The maximum atomic E-state index is 13.8. The highest BCUT2D eigenvalue weighted by molar-refractivity contribution is 7.10. The van der Waals surface area contributed by atoms with Gasteiger partial charge in [-0.05, 0) is 28.6 Å². The molecule has 1 atom stereocenters. The van der Waals surface area contributed by atoms with Gasteiger partial charge in [-0.25, -0.2) is 4.39 Å². The van der Waals surface area contributed by atoms with Crippen molar-refractivity contribution in [2.75, 3.05) is 5.32 Å². The number of nitrogens with one attached hydrogen (secondary N) is 1. The van der Waals surface area contributed by atoms with Crippen molar-refractivity contribution in [3.63, 3.8) is 0 Å². The molecule has 1 aliphatic rings. The molecule has 3 nitrogen and oxygen atoms in total. The fraction of sp³-hybridized carbons (Fsp3) is 0.154. The lowest BCUT2D eigenvalue weighted by molar-refractivity contribution is -0.115. The predicted octanol–water partition coefficient (Wildman–Crippen LogP) is 2.46. The van der Waals surface area contributed by atoms with Crippen LogP contribution >= 0.6 is 11.3 Å². The number of aliphatic hydroxyl groups excluding tert-OH is 1. The van der Waals surface area contributed by atoms with Gasteiger partial charge in [0.05, 0.1) is 12.1 Å². The maximum absolute atomic E-state index is 13.8. The average Bonchev–Trinajstić information content (AvgIpc) is 2.96. The van der Waals surface area contributed by atoms with Crippen molar-refractivity contribution in [3.05, 3.63) is 51.5 Å². The highest BCUT2D eigenvalue weighted by atomic mass is 32.1. The Morgan fingerprint density at radius 2 is 2.28 bits per heavy atom. The average molecular weight is 263 g/mol. The third kappa shape index (κ3) is 1.81. The molecule has 0 saturated carbocycles. The first-order valence-electron chi connectivity index (χ1n) is 5.49. The Labute approximate surface area is 107 Å². The van der Waals surface area contributed by atoms with Crippen LogP contribution in [0.5, 0.6) is 0 Å². The van der Waals surface area contributed by atoms with Crippen molar-refractivity contribution in [3.8, 4) is 0 Å². The van der Waals surface area contributed by atoms with Gasteiger partial charge >= 0.3 is 0 Å². The SMILES string of the molecule is O=C1Cc2cc(C(O)c3cccs3)cc(F)c2N1. The fourth-order valence-electron chi connectivity index (χ4n) is 2.09. The lowest BCUT2D eigenvalue weighted by Crippen LogP contribution is -2.04. The molecule has 1 aliphatic heterocycles. The Hall–Kier alpha value is -1.72. The maximum Gasteiger partial charge on any atom is 0.228 e. The molecular formula is C13H10FNO2S. The smallest absolute Gasteiger partial charge is 0.228 e. The van der Waals surface area contributed by atoms with E-state index >= 15 is 0 Å². The van der Waals surface area contributed by atoms with Gasteiger partial charge in [-0.3, -0.25) is 4.79 Å². The third-order valence-electron chi connectivity index (χ3n) is 2.94. The van der Waals surface area contributed by atoms with Crippen LogP contribution in [-0.4, -0.2) is 11.0 Å². The van der Waals surface area contributed by atoms with Gasteiger partial charge in [0.25, 0.3) is 0 Å². The molecule has 2 heterocycles. The molecule has 2 aromatic rings. The predicted molar refractivity (Wildman–Crippen MR) is 67.1 cm³/mol. The lowest BCUT2D eigenvalue weighted by Gasteiger charge is -2.11. The molecular weight excluding hydrogens is 253 g/mol. The molecule has 0 fully saturated rings. The van der Waals surface area contributed by atoms with Crippen molar-refractivity contribution < 1.29 is 14.3 Å². The minimum Gasteiger partial charge on any atom is -0.383 e. The number of carbonyl (C=O) groups excluding carboxylic acids is 1. The van der Waals surface area contributed by atoms with Gasteiger partial charge in [0.1, 0.15) is 11.9 Å². The highest BCUT2D eigenvalue weighted by Crippen LogP contribution is 2.33. The van der Waals surface area contributed by atoms with Crippen LogP contribution in [0.3, 0.4) is 0 Å². The second-order valence-electron chi connectivity index (χ2n) is 4.18. The number of amides is 1. The number of benzene rings is 1. The summed E-state index contributed by atoms with van der Waals surface area (Å²) in [6, 6.07) is 6.58. The zero-order valence-electron chi connectivity index (χ0n) is 9.31. The minimum atomic E-state index is -0.847. The number of halogens is 1. The summed E-state index contributed by atoms with van der Waals surface area (Å²) in [5.74, 6) is -0.712. The number of hydrogen-bond donors (Lipinski definition) is 2. The van der Waals surface area contributed by atoms with Crippen LogP contribution < -0.4 is 5.32 Å². The van der Waals surface area contributed by atoms with E-state index in [1.165, 1.54) is 17.4 Å². The Bertz CT molecular complexity index is 610. The molecule has 0 bridgehead atoms. The summed E-state index contributed by atoms with van der Waals surface area (Å²) in [6.45, 7) is 0. The van der Waals surface area contributed by atoms with Crippen LogP contribution in [0.15, 0.2) is 29.6 Å². The summed E-state index contributed by atoms with van der Waals surface area (Å²) in [5.41, 5.74) is 1.32. The molecule has 0 spiro atoms. The summed E-state index contributed by atoms with van der Waals surface area (Å²) in [7, 11) is 0. The Morgan fingerprint density at radius 1 is 1.44 bits per heavy atom. The van der Waals surface area contributed by atoms with E-state index < -0.39 is 11.9 Å². The van der Waals surface area contributed by atoms with Gasteiger partial charge in [-0.1, -0.05) is 12.1 Å². The molecule has 1 aromatic carbocycles. The van der Waals surface area contributed by atoms with Gasteiger partial charge in [-0.2, -0.15) is 0 Å². The highest BCUT2D eigenvalue weighted by Gasteiger charge is 2.24. The molecule has 3 rings (SSSR count). The van der Waals surface area contributed by atoms with Gasteiger partial charge in [0.15, 0.2) is 0 Å². The molecule has 1 aromatic heterocycles. The number of carbonyl (C=O) groups is 1. The van der Waals surface area contributed by atoms with Gasteiger partial charge in [0.2, 0.25) is 5.91 Å². The van der Waals surface area contributed by atoms with Crippen LogP contribution in [0.25, 0.3) is 0 Å². The molecule has 0 aliphatic carbocycles. The summed E-state index contributed by atoms with van der Waals surface area (Å²) in [6.07, 6.45) is -0.683. The van der Waals surface area contributed by atoms with E-state index in [1.807, 2.05) is 11.4 Å². The van der Waals surface area contributed by atoms with Gasteiger partial charge in [0, 0.05) is 4.88 Å². The van der Waals surface area contributed by atoms with E-state index in [1.54, 1.807) is 12.1 Å². The standard InChI is InChI=1S/C13H10FNO2S/c14-9-5-8(13(17)10-2-1-3-18-10)4-7-6-11(16)15-12(7)9/h1-5,13,17H,6H2,(H,15,16). The Kier molecular flexibility index (Phi) is 2.65. The minimum absolute atomic E-state index is 0.164. The van der Waals surface area contributed by atoms with Crippen molar-refractivity contribution in [1.82, 2.24) is 0 Å². The Balaban J connectivity index is 2.02. The van der Waals surface area contributed by atoms with Crippen molar-refractivity contribution in [2.24, 2.45) is 0 Å². The van der Waals surface area contributed by atoms with E-state index in [-0.39, 0.29) is 18.0 Å². The van der Waals surface area contributed by atoms with Crippen molar-refractivity contribution in [1.29, 1.82) is 0 Å². The van der Waals surface area contributed by atoms with Gasteiger partial charge in [-0.15, -0.1) is 11.3 Å². The molecule has 0 radical (unpaired) electrons. The van der Waals surface area contributed by atoms with Crippen LogP contribution in [0, 0.1) is 5.82 Å². The first kappa shape index (κ1) is 11.4. The van der Waals surface area contributed by atoms with Crippen molar-refractivity contribution >= 4 is 22.9 Å². The third-order valence-corrected chi connectivity index (χ3v) is 3.86. The first-order valence-corrected chi connectivity index (χ1v) is 6.37. The second kappa shape index (κ2) is 4.19. The summed E-state index contributed by atoms with van der Waals surface area (Å²) >= 11 is 1.41. The second-order valence-corrected chi connectivity index (χ2v) is 5.16. The fourth-order valence-corrected chi connectivity index (χ4v) is 2.83. The van der Waals surface area contributed by atoms with Crippen LogP contribution in [-0.2, 0) is 11.2 Å². The molecule has 1 unspecified atom stereocenters. The molecule has 18 heavy (non-hydrogen) atoms. The lowest BCUT2D eigenvalue weighted by atomic mass is 10.0. The van der Waals surface area contributed by atoms with E-state index in [0.29, 0.717) is 11.1 Å². The molecule has 0 saturated heterocycles. The largest absolute Gasteiger partial charge is 0.383 e. The first-order chi connectivity index (χ1) is 8.65. The number of fused-ring (bicyclic) bond motifs is 1. The summed E-state index contributed by atoms with van der Waals surface area (Å²) < 4.78 is 13.8. The topological polar surface area (TPSA) is 49.3 Å². The quantitative estimate of drug-likeness (QED) is 0.874. The van der Waals surface area contributed by atoms with Crippen molar-refractivity contribution in [2.45, 2.75) is 12.5 Å². The zero-order valence-corrected chi connectivity index (χ0v) is 10.1. The van der Waals surface area contributed by atoms with Gasteiger partial charge < -0.3 is 10.4 Å². The zero-order chi connectivity index (χ0) is 12.7. The number of thiophene rings is 1. The summed E-state index contributed by atoms with van der Waals surface area (Å²) in [4.78, 5) is 12.0. The Morgan fingerprint density at radius 3 is 3.00 bits per heavy atom. The molecule has 1 amide bonds. The number of rotatable bonds is 2. The molecule has 2 N–H and O–H groups in total. The number of hydrogen-bond acceptors (Lipinski definition) is 3. The number of anilines is 1. The molecule has 5 heteroatoms. The normalized spacial score (nSPS) is 15.3. The van der Waals surface area contributed by atoms with Crippen LogP contribution in [0.1, 0.15) is 22.1 Å². The summed E-state index contributed by atoms with van der Waals surface area (Å²) in [5, 5.41) is 14.5.